The molecule has 2 saturated heterocycles. The molecule has 0 radical (unpaired) electrons. The van der Waals surface area contributed by atoms with Crippen molar-refractivity contribution in [2.24, 2.45) is 0 Å². The fourth-order valence-corrected chi connectivity index (χ4v) is 4.94. The van der Waals surface area contributed by atoms with E-state index in [2.05, 4.69) is 31.9 Å². The van der Waals surface area contributed by atoms with Crippen molar-refractivity contribution in [3.63, 3.8) is 0 Å². The van der Waals surface area contributed by atoms with E-state index < -0.39 is 0 Å². The predicted octanol–water partition coefficient (Wildman–Crippen LogP) is 3.95. The lowest BCUT2D eigenvalue weighted by Gasteiger charge is -2.27. The molecule has 0 spiro atoms. The molecular weight excluding hydrogens is 426 g/mol. The van der Waals surface area contributed by atoms with Crippen LogP contribution in [-0.2, 0) is 6.54 Å². The largest absolute Gasteiger partial charge is 0.497 e. The average molecular weight is 460 g/mol. The number of anilines is 2. The van der Waals surface area contributed by atoms with Gasteiger partial charge in [-0.05, 0) is 56.0 Å². The Morgan fingerprint density at radius 1 is 1.03 bits per heavy atom. The first-order chi connectivity index (χ1) is 16.6. The van der Waals surface area contributed by atoms with Crippen LogP contribution in [0.1, 0.15) is 43.1 Å². The van der Waals surface area contributed by atoms with Crippen molar-refractivity contribution in [2.45, 2.75) is 38.3 Å². The summed E-state index contributed by atoms with van der Waals surface area (Å²) in [5, 5.41) is 0. The number of ether oxygens (including phenoxy) is 1. The van der Waals surface area contributed by atoms with Gasteiger partial charge in [-0.15, -0.1) is 0 Å². The molecule has 8 nitrogen and oxygen atoms in total. The minimum Gasteiger partial charge on any atom is -0.497 e. The Hall–Kier alpha value is -3.26. The lowest BCUT2D eigenvalue weighted by atomic mass is 9.99. The summed E-state index contributed by atoms with van der Waals surface area (Å²) in [4.78, 5) is 25.9. The predicted molar refractivity (Wildman–Crippen MR) is 134 cm³/mol. The van der Waals surface area contributed by atoms with Crippen molar-refractivity contribution in [3.05, 3.63) is 54.1 Å². The van der Waals surface area contributed by atoms with Crippen molar-refractivity contribution in [3.8, 4) is 16.9 Å². The first kappa shape index (κ1) is 22.5. The van der Waals surface area contributed by atoms with E-state index in [0.717, 1.165) is 79.2 Å². The molecule has 178 valence electrons. The molecule has 1 atom stereocenters. The summed E-state index contributed by atoms with van der Waals surface area (Å²) in [6.07, 6.45) is 8.49. The minimum absolute atomic E-state index is 0.202. The van der Waals surface area contributed by atoms with Gasteiger partial charge < -0.3 is 14.5 Å². The smallest absolute Gasteiger partial charge is 0.225 e. The first-order valence-electron chi connectivity index (χ1n) is 12.1. The third-order valence-electron chi connectivity index (χ3n) is 6.72. The Kier molecular flexibility index (Phi) is 6.58. The second kappa shape index (κ2) is 9.93. The monoisotopic (exact) mass is 459 g/mol. The van der Waals surface area contributed by atoms with Gasteiger partial charge in [0.25, 0.3) is 0 Å². The summed E-state index contributed by atoms with van der Waals surface area (Å²) in [5.41, 5.74) is 4.26. The average Bonchev–Trinajstić information content (AvgIpc) is 3.56. The topological polar surface area (TPSA) is 70.5 Å². The van der Waals surface area contributed by atoms with E-state index in [1.54, 1.807) is 7.11 Å². The van der Waals surface area contributed by atoms with Crippen LogP contribution in [0.4, 0.5) is 11.9 Å². The summed E-state index contributed by atoms with van der Waals surface area (Å²) in [6, 6.07) is 10.4. The molecule has 5 rings (SSSR count). The maximum atomic E-state index is 5.48. The number of aromatic nitrogens is 4. The van der Waals surface area contributed by atoms with E-state index in [-0.39, 0.29) is 6.04 Å². The van der Waals surface area contributed by atoms with Gasteiger partial charge in [-0.2, -0.15) is 0 Å². The number of nitrogens with zero attached hydrogens (tertiary/aromatic N) is 7. The number of methoxy groups -OCH3 is 1. The van der Waals surface area contributed by atoms with Gasteiger partial charge in [0.05, 0.1) is 24.5 Å². The molecule has 0 amide bonds. The zero-order chi connectivity index (χ0) is 23.5. The van der Waals surface area contributed by atoms with E-state index in [1.807, 2.05) is 49.6 Å². The molecule has 0 bridgehead atoms. The highest BCUT2D eigenvalue weighted by molar-refractivity contribution is 5.68. The number of benzene rings is 1. The van der Waals surface area contributed by atoms with Crippen LogP contribution >= 0.6 is 0 Å². The van der Waals surface area contributed by atoms with E-state index in [0.29, 0.717) is 0 Å². The molecule has 34 heavy (non-hydrogen) atoms. The van der Waals surface area contributed by atoms with Gasteiger partial charge in [-0.25, -0.2) is 19.9 Å². The van der Waals surface area contributed by atoms with Crippen LogP contribution in [0.5, 0.6) is 5.75 Å². The molecule has 0 saturated carbocycles. The number of rotatable bonds is 7. The summed E-state index contributed by atoms with van der Waals surface area (Å²) in [5.74, 6) is 2.42. The molecule has 2 aliphatic rings. The van der Waals surface area contributed by atoms with Gasteiger partial charge in [0.2, 0.25) is 11.9 Å². The third-order valence-corrected chi connectivity index (χ3v) is 6.72. The van der Waals surface area contributed by atoms with Crippen LogP contribution in [0, 0.1) is 0 Å². The van der Waals surface area contributed by atoms with Crippen LogP contribution in [0.15, 0.2) is 42.7 Å². The molecular formula is C26H33N7O. The Labute approximate surface area is 201 Å². The van der Waals surface area contributed by atoms with Crippen LogP contribution < -0.4 is 14.5 Å². The third kappa shape index (κ3) is 4.68. The fourth-order valence-electron chi connectivity index (χ4n) is 4.94. The van der Waals surface area contributed by atoms with Crippen LogP contribution in [-0.4, -0.2) is 65.7 Å². The lowest BCUT2D eigenvalue weighted by Crippen LogP contribution is -2.26. The standard InChI is InChI=1S/C26H33N7O/c1-31(2)25-28-17-22(19-8-6-9-21(16-19)34-3)24(30-25)23-10-7-15-33(23)18-20-11-12-27-26(29-20)32-13-4-5-14-32/h6,8-9,11-12,16-17,23H,4-5,7,10,13-15,18H2,1-3H3. The molecule has 2 aliphatic heterocycles. The van der Waals surface area contributed by atoms with Gasteiger partial charge in [0.1, 0.15) is 5.75 Å². The highest BCUT2D eigenvalue weighted by Crippen LogP contribution is 2.38. The Balaban J connectivity index is 1.47. The van der Waals surface area contributed by atoms with Gasteiger partial charge in [-0.1, -0.05) is 12.1 Å². The zero-order valence-corrected chi connectivity index (χ0v) is 20.3. The van der Waals surface area contributed by atoms with Gasteiger partial charge in [-0.3, -0.25) is 4.90 Å². The second-order valence-corrected chi connectivity index (χ2v) is 9.27. The Bertz CT molecular complexity index is 1130. The molecule has 2 fully saturated rings. The highest BCUT2D eigenvalue weighted by Gasteiger charge is 2.31. The zero-order valence-electron chi connectivity index (χ0n) is 20.3. The van der Waals surface area contributed by atoms with Crippen molar-refractivity contribution >= 4 is 11.9 Å². The maximum Gasteiger partial charge on any atom is 0.225 e. The van der Waals surface area contributed by atoms with Crippen molar-refractivity contribution in [2.75, 3.05) is 50.6 Å². The van der Waals surface area contributed by atoms with Gasteiger partial charge >= 0.3 is 0 Å². The molecule has 0 aliphatic carbocycles. The molecule has 1 aromatic carbocycles. The fraction of sp³-hybridized carbons (Fsp3) is 0.462. The molecule has 2 aromatic heterocycles. The highest BCUT2D eigenvalue weighted by atomic mass is 16.5. The minimum atomic E-state index is 0.202. The van der Waals surface area contributed by atoms with Crippen molar-refractivity contribution in [1.82, 2.24) is 24.8 Å². The molecule has 1 unspecified atom stereocenters. The Morgan fingerprint density at radius 3 is 2.68 bits per heavy atom. The summed E-state index contributed by atoms with van der Waals surface area (Å²) in [6.45, 7) is 3.90. The molecule has 8 heteroatoms. The first-order valence-corrected chi connectivity index (χ1v) is 12.1. The second-order valence-electron chi connectivity index (χ2n) is 9.27. The molecule has 3 aromatic rings. The van der Waals surface area contributed by atoms with E-state index in [1.165, 1.54) is 12.8 Å². The lowest BCUT2D eigenvalue weighted by molar-refractivity contribution is 0.242. The molecule has 4 heterocycles. The number of likely N-dealkylation sites (tertiary alicyclic amines) is 1. The summed E-state index contributed by atoms with van der Waals surface area (Å²) in [7, 11) is 5.66. The maximum absolute atomic E-state index is 5.48. The number of hydrogen-bond donors (Lipinski definition) is 0. The van der Waals surface area contributed by atoms with E-state index in [4.69, 9.17) is 14.7 Å². The van der Waals surface area contributed by atoms with Gasteiger partial charge in [0, 0.05) is 51.7 Å². The molecule has 0 N–H and O–H groups in total. The number of hydrogen-bond acceptors (Lipinski definition) is 8. The Morgan fingerprint density at radius 2 is 1.88 bits per heavy atom. The SMILES string of the molecule is COc1cccc(-c2cnc(N(C)C)nc2C2CCCN2Cc2ccnc(N3CCCC3)n2)c1. The van der Waals surface area contributed by atoms with E-state index >= 15 is 0 Å². The normalized spacial score (nSPS) is 18.4. The van der Waals surface area contributed by atoms with Crippen molar-refractivity contribution in [1.29, 1.82) is 0 Å². The van der Waals surface area contributed by atoms with Gasteiger partial charge in [0.15, 0.2) is 0 Å². The summed E-state index contributed by atoms with van der Waals surface area (Å²) >= 11 is 0. The van der Waals surface area contributed by atoms with Crippen molar-refractivity contribution < 1.29 is 4.74 Å². The quantitative estimate of drug-likeness (QED) is 0.526. The summed E-state index contributed by atoms with van der Waals surface area (Å²) < 4.78 is 5.48. The van der Waals surface area contributed by atoms with E-state index in [9.17, 15) is 0 Å². The van der Waals surface area contributed by atoms with Crippen LogP contribution in [0.3, 0.4) is 0 Å². The van der Waals surface area contributed by atoms with Crippen LogP contribution in [0.25, 0.3) is 11.1 Å². The van der Waals surface area contributed by atoms with Crippen LogP contribution in [0.2, 0.25) is 0 Å².